The Morgan fingerprint density at radius 3 is 2.47 bits per heavy atom. The fourth-order valence-corrected chi connectivity index (χ4v) is 1.47. The fourth-order valence-electron chi connectivity index (χ4n) is 1.47. The van der Waals surface area contributed by atoms with Crippen molar-refractivity contribution >= 4 is 5.91 Å². The molecule has 1 aliphatic rings. The van der Waals surface area contributed by atoms with Gasteiger partial charge in [-0.2, -0.15) is 13.2 Å². The summed E-state index contributed by atoms with van der Waals surface area (Å²) in [6, 6.07) is 0. The van der Waals surface area contributed by atoms with Crippen LogP contribution in [0.1, 0.15) is 25.7 Å². The third-order valence-corrected chi connectivity index (χ3v) is 2.43. The van der Waals surface area contributed by atoms with Crippen molar-refractivity contribution in [1.29, 1.82) is 0 Å². The predicted molar refractivity (Wildman–Crippen MR) is 47.0 cm³/mol. The molecule has 15 heavy (non-hydrogen) atoms. The minimum atomic E-state index is -4.27. The maximum Gasteiger partial charge on any atom is 0.389 e. The van der Waals surface area contributed by atoms with E-state index >= 15 is 0 Å². The van der Waals surface area contributed by atoms with Crippen LogP contribution in [-0.2, 0) is 4.79 Å². The number of halogens is 3. The lowest BCUT2D eigenvalue weighted by atomic mass is 9.82. The van der Waals surface area contributed by atoms with Crippen molar-refractivity contribution in [1.82, 2.24) is 5.32 Å². The highest BCUT2D eigenvalue weighted by atomic mass is 19.4. The lowest BCUT2D eigenvalue weighted by Gasteiger charge is -2.31. The molecule has 0 aliphatic heterocycles. The first-order valence-corrected chi connectivity index (χ1v) is 4.88. The minimum absolute atomic E-state index is 0.217. The molecule has 2 N–H and O–H groups in total. The van der Waals surface area contributed by atoms with E-state index < -0.39 is 24.9 Å². The summed E-state index contributed by atoms with van der Waals surface area (Å²) in [7, 11) is 0. The third kappa shape index (κ3) is 5.01. The average Bonchev–Trinajstić information content (AvgIpc) is 2.06. The molecule has 0 aromatic rings. The quantitative estimate of drug-likeness (QED) is 0.755. The number of hydrogen-bond donors (Lipinski definition) is 2. The Morgan fingerprint density at radius 2 is 2.00 bits per heavy atom. The lowest BCUT2D eigenvalue weighted by Crippen LogP contribution is -2.38. The number of alkyl halides is 3. The number of hydrogen-bond acceptors (Lipinski definition) is 2. The molecular formula is C9H14F3NO2. The molecule has 0 aromatic carbocycles. The second kappa shape index (κ2) is 4.83. The number of nitrogens with one attached hydrogen (secondary N) is 1. The van der Waals surface area contributed by atoms with E-state index in [4.69, 9.17) is 5.11 Å². The summed E-state index contributed by atoms with van der Waals surface area (Å²) in [4.78, 5) is 10.9. The van der Waals surface area contributed by atoms with Crippen LogP contribution in [0.2, 0.25) is 0 Å². The molecule has 0 unspecified atom stereocenters. The van der Waals surface area contributed by atoms with Gasteiger partial charge in [-0.05, 0) is 18.8 Å². The highest BCUT2D eigenvalue weighted by Crippen LogP contribution is 2.26. The van der Waals surface area contributed by atoms with E-state index in [-0.39, 0.29) is 12.0 Å². The predicted octanol–water partition coefficient (Wildman–Crippen LogP) is 1.22. The van der Waals surface area contributed by atoms with Crippen LogP contribution < -0.4 is 5.32 Å². The molecule has 0 atom stereocenters. The van der Waals surface area contributed by atoms with Crippen LogP contribution in [0.15, 0.2) is 0 Å². The number of amides is 1. The van der Waals surface area contributed by atoms with Crippen LogP contribution in [0, 0.1) is 5.92 Å². The first kappa shape index (κ1) is 12.3. The fraction of sp³-hybridized carbons (Fsp3) is 0.889. The van der Waals surface area contributed by atoms with Crippen LogP contribution in [0.3, 0.4) is 0 Å². The van der Waals surface area contributed by atoms with Crippen LogP contribution >= 0.6 is 0 Å². The smallest absolute Gasteiger partial charge is 0.389 e. The van der Waals surface area contributed by atoms with Gasteiger partial charge in [0.2, 0.25) is 5.91 Å². The zero-order valence-electron chi connectivity index (χ0n) is 8.18. The van der Waals surface area contributed by atoms with Gasteiger partial charge in [0.1, 0.15) is 0 Å². The van der Waals surface area contributed by atoms with Crippen molar-refractivity contribution < 1.29 is 23.1 Å². The van der Waals surface area contributed by atoms with Gasteiger partial charge in [-0.1, -0.05) is 0 Å². The summed E-state index contributed by atoms with van der Waals surface area (Å²) >= 11 is 0. The van der Waals surface area contributed by atoms with Crippen molar-refractivity contribution in [2.45, 2.75) is 38.0 Å². The summed E-state index contributed by atoms with van der Waals surface area (Å²) in [5.41, 5.74) is 0. The Hall–Kier alpha value is -0.780. The van der Waals surface area contributed by atoms with E-state index in [1.807, 2.05) is 0 Å². The number of rotatable bonds is 4. The molecule has 0 bridgehead atoms. The Kier molecular flexibility index (Phi) is 3.96. The first-order valence-electron chi connectivity index (χ1n) is 4.88. The lowest BCUT2D eigenvalue weighted by molar-refractivity contribution is -0.144. The van der Waals surface area contributed by atoms with Gasteiger partial charge in [-0.3, -0.25) is 4.79 Å². The molecule has 0 spiro atoms. The van der Waals surface area contributed by atoms with Crippen molar-refractivity contribution in [3.63, 3.8) is 0 Å². The second-order valence-electron chi connectivity index (χ2n) is 3.91. The third-order valence-electron chi connectivity index (χ3n) is 2.43. The summed E-state index contributed by atoms with van der Waals surface area (Å²) in [6.45, 7) is 0.369. The summed E-state index contributed by atoms with van der Waals surface area (Å²) < 4.78 is 35.2. The van der Waals surface area contributed by atoms with Gasteiger partial charge in [0.25, 0.3) is 0 Å². The normalized spacial score (nSPS) is 25.9. The van der Waals surface area contributed by atoms with Gasteiger partial charge in [0.15, 0.2) is 0 Å². The van der Waals surface area contributed by atoms with Crippen molar-refractivity contribution in [2.24, 2.45) is 5.92 Å². The van der Waals surface area contributed by atoms with E-state index in [1.54, 1.807) is 0 Å². The molecule has 1 rings (SSSR count). The monoisotopic (exact) mass is 225 g/mol. The summed E-state index contributed by atoms with van der Waals surface area (Å²) in [6.07, 6.45) is -4.92. The maximum atomic E-state index is 11.7. The minimum Gasteiger partial charge on any atom is -0.393 e. The van der Waals surface area contributed by atoms with Gasteiger partial charge in [-0.15, -0.1) is 0 Å². The average molecular weight is 225 g/mol. The number of carbonyl (C=O) groups is 1. The molecule has 3 nitrogen and oxygen atoms in total. The second-order valence-corrected chi connectivity index (χ2v) is 3.91. The highest BCUT2D eigenvalue weighted by molar-refractivity contribution is 5.75. The van der Waals surface area contributed by atoms with Crippen molar-refractivity contribution in [3.05, 3.63) is 0 Å². The molecule has 1 fully saturated rings. The zero-order chi connectivity index (χ0) is 11.5. The van der Waals surface area contributed by atoms with Gasteiger partial charge in [0.05, 0.1) is 12.5 Å². The van der Waals surface area contributed by atoms with Gasteiger partial charge in [-0.25, -0.2) is 0 Å². The first-order chi connectivity index (χ1) is 6.87. The topological polar surface area (TPSA) is 49.3 Å². The molecule has 0 heterocycles. The zero-order valence-corrected chi connectivity index (χ0v) is 8.18. The summed E-state index contributed by atoms with van der Waals surface area (Å²) in [5, 5.41) is 11.4. The molecular weight excluding hydrogens is 211 g/mol. The Morgan fingerprint density at radius 1 is 1.40 bits per heavy atom. The summed E-state index contributed by atoms with van der Waals surface area (Å²) in [5.74, 6) is -0.358. The van der Waals surface area contributed by atoms with Crippen LogP contribution in [-0.4, -0.2) is 29.8 Å². The van der Waals surface area contributed by atoms with Crippen molar-refractivity contribution in [2.75, 3.05) is 6.54 Å². The standard InChI is InChI=1S/C9H14F3NO2/c10-9(11,12)2-1-8(15)13-5-6-3-7(14)4-6/h6-7,14H,1-5H2,(H,13,15). The van der Waals surface area contributed by atoms with Crippen LogP contribution in [0.5, 0.6) is 0 Å². The Labute approximate surface area is 85.7 Å². The highest BCUT2D eigenvalue weighted by Gasteiger charge is 2.29. The largest absolute Gasteiger partial charge is 0.393 e. The van der Waals surface area contributed by atoms with Gasteiger partial charge >= 0.3 is 6.18 Å². The maximum absolute atomic E-state index is 11.7. The molecule has 6 heteroatoms. The molecule has 88 valence electrons. The SMILES string of the molecule is O=C(CCC(F)(F)F)NCC1CC(O)C1. The molecule has 0 radical (unpaired) electrons. The number of aliphatic hydroxyl groups excluding tert-OH is 1. The molecule has 1 saturated carbocycles. The van der Waals surface area contributed by atoms with E-state index in [0.717, 1.165) is 0 Å². The number of aliphatic hydroxyl groups is 1. The molecule has 1 amide bonds. The van der Waals surface area contributed by atoms with Crippen LogP contribution in [0.25, 0.3) is 0 Å². The van der Waals surface area contributed by atoms with E-state index in [9.17, 15) is 18.0 Å². The van der Waals surface area contributed by atoms with Crippen LogP contribution in [0.4, 0.5) is 13.2 Å². The Bertz CT molecular complexity index is 224. The molecule has 1 aliphatic carbocycles. The van der Waals surface area contributed by atoms with Gasteiger partial charge < -0.3 is 10.4 Å². The van der Waals surface area contributed by atoms with E-state index in [1.165, 1.54) is 0 Å². The van der Waals surface area contributed by atoms with E-state index in [0.29, 0.717) is 19.4 Å². The van der Waals surface area contributed by atoms with Gasteiger partial charge in [0, 0.05) is 13.0 Å². The van der Waals surface area contributed by atoms with Crippen molar-refractivity contribution in [3.8, 4) is 0 Å². The molecule has 0 aromatic heterocycles. The van der Waals surface area contributed by atoms with E-state index in [2.05, 4.69) is 5.32 Å². The molecule has 0 saturated heterocycles. The number of carbonyl (C=O) groups excluding carboxylic acids is 1. The Balaban J connectivity index is 2.04.